The molecule has 262 valence electrons. The molecule has 0 saturated carbocycles. The van der Waals surface area contributed by atoms with Gasteiger partial charge in [0.15, 0.2) is 0 Å². The van der Waals surface area contributed by atoms with Gasteiger partial charge < -0.3 is 14.4 Å². The van der Waals surface area contributed by atoms with Gasteiger partial charge in [-0.1, -0.05) is 91.0 Å². The minimum atomic E-state index is 0.857. The van der Waals surface area contributed by atoms with Crippen molar-refractivity contribution in [2.45, 2.75) is 12.8 Å². The molecule has 0 spiro atoms. The van der Waals surface area contributed by atoms with Crippen LogP contribution in [0.15, 0.2) is 206 Å². The lowest BCUT2D eigenvalue weighted by Gasteiger charge is -2.27. The molecule has 0 radical (unpaired) electrons. The standard InChI is InChI=1S/C50H37N5/c1-5-15-37(16-6-1)53(38-17-7-2-8-18-38)42-29-31-49-44(33-42)45-34-43(54(39-19-9-3-10-20-39)40-21-11-4-12-22-40)30-32-50(45)55(49)41-27-25-36(26-28-41)48-35-51-46-23-13-14-24-47(46)52-48/h1-3,5-11,13-35H,4,12H2. The van der Waals surface area contributed by atoms with Gasteiger partial charge >= 0.3 is 0 Å². The topological polar surface area (TPSA) is 37.2 Å². The van der Waals surface area contributed by atoms with E-state index in [-0.39, 0.29) is 0 Å². The number of rotatable bonds is 8. The van der Waals surface area contributed by atoms with E-state index in [1.165, 1.54) is 16.5 Å². The maximum atomic E-state index is 4.92. The van der Waals surface area contributed by atoms with Gasteiger partial charge in [-0.25, -0.2) is 4.98 Å². The fourth-order valence-electron chi connectivity index (χ4n) is 7.82. The normalized spacial score (nSPS) is 12.6. The Morgan fingerprint density at radius 1 is 0.473 bits per heavy atom. The smallest absolute Gasteiger partial charge is 0.0894 e. The van der Waals surface area contributed by atoms with E-state index in [1.807, 2.05) is 30.5 Å². The van der Waals surface area contributed by atoms with Crippen molar-refractivity contribution >= 4 is 61.3 Å². The van der Waals surface area contributed by atoms with Crippen LogP contribution in [0.3, 0.4) is 0 Å². The zero-order valence-electron chi connectivity index (χ0n) is 30.2. The fourth-order valence-corrected chi connectivity index (χ4v) is 7.82. The van der Waals surface area contributed by atoms with E-state index in [4.69, 9.17) is 4.98 Å². The van der Waals surface area contributed by atoms with Crippen molar-refractivity contribution in [2.24, 2.45) is 0 Å². The van der Waals surface area contributed by atoms with Crippen LogP contribution in [-0.4, -0.2) is 14.5 Å². The Kier molecular flexibility index (Phi) is 8.23. The zero-order valence-corrected chi connectivity index (χ0v) is 30.2. The van der Waals surface area contributed by atoms with Gasteiger partial charge in [-0.05, 0) is 116 Å². The van der Waals surface area contributed by atoms with Gasteiger partial charge in [0, 0.05) is 56.2 Å². The van der Waals surface area contributed by atoms with Crippen molar-refractivity contribution in [3.63, 3.8) is 0 Å². The van der Waals surface area contributed by atoms with Crippen LogP contribution in [0.5, 0.6) is 0 Å². The molecular formula is C50H37N5. The molecule has 0 fully saturated rings. The highest BCUT2D eigenvalue weighted by Gasteiger charge is 2.20. The Morgan fingerprint density at radius 3 is 1.60 bits per heavy atom. The van der Waals surface area contributed by atoms with Gasteiger partial charge in [-0.15, -0.1) is 0 Å². The van der Waals surface area contributed by atoms with Crippen LogP contribution < -0.4 is 9.80 Å². The third-order valence-electron chi connectivity index (χ3n) is 10.4. The predicted molar refractivity (Wildman–Crippen MR) is 229 cm³/mol. The summed E-state index contributed by atoms with van der Waals surface area (Å²) in [5, 5.41) is 2.36. The second kappa shape index (κ2) is 14.0. The van der Waals surface area contributed by atoms with Crippen molar-refractivity contribution in [1.82, 2.24) is 14.5 Å². The van der Waals surface area contributed by atoms with Gasteiger partial charge in [0.25, 0.3) is 0 Å². The lowest BCUT2D eigenvalue weighted by molar-refractivity contribution is 0.997. The van der Waals surface area contributed by atoms with E-state index in [0.717, 1.165) is 80.3 Å². The number of hydrogen-bond acceptors (Lipinski definition) is 4. The summed E-state index contributed by atoms with van der Waals surface area (Å²) >= 11 is 0. The van der Waals surface area contributed by atoms with Gasteiger partial charge in [0.1, 0.15) is 0 Å². The zero-order chi connectivity index (χ0) is 36.6. The number of aromatic nitrogens is 3. The number of benzene rings is 7. The molecule has 1 aliphatic rings. The van der Waals surface area contributed by atoms with Crippen molar-refractivity contribution in [3.8, 4) is 16.9 Å². The van der Waals surface area contributed by atoms with Crippen LogP contribution in [0, 0.1) is 0 Å². The maximum Gasteiger partial charge on any atom is 0.0894 e. The summed E-state index contributed by atoms with van der Waals surface area (Å²) in [6.07, 6.45) is 10.8. The summed E-state index contributed by atoms with van der Waals surface area (Å²) in [6.45, 7) is 0. The van der Waals surface area contributed by atoms with E-state index in [0.29, 0.717) is 0 Å². The summed E-state index contributed by atoms with van der Waals surface area (Å²) < 4.78 is 2.39. The molecule has 2 heterocycles. The molecule has 2 aromatic heterocycles. The molecule has 7 aromatic carbocycles. The summed E-state index contributed by atoms with van der Waals surface area (Å²) in [5.41, 5.74) is 13.8. The van der Waals surface area contributed by atoms with Crippen LogP contribution in [-0.2, 0) is 0 Å². The summed E-state index contributed by atoms with van der Waals surface area (Å²) in [7, 11) is 0. The number of nitrogens with zero attached hydrogens (tertiary/aromatic N) is 5. The minimum absolute atomic E-state index is 0.857. The van der Waals surface area contributed by atoms with Gasteiger partial charge in [0.2, 0.25) is 0 Å². The predicted octanol–water partition coefficient (Wildman–Crippen LogP) is 13.2. The third kappa shape index (κ3) is 6.02. The van der Waals surface area contributed by atoms with Crippen LogP contribution >= 0.6 is 0 Å². The van der Waals surface area contributed by atoms with Crippen molar-refractivity contribution in [3.05, 3.63) is 206 Å². The van der Waals surface area contributed by atoms with Crippen molar-refractivity contribution < 1.29 is 0 Å². The number of fused-ring (bicyclic) bond motifs is 4. The molecule has 0 amide bonds. The minimum Gasteiger partial charge on any atom is -0.311 e. The monoisotopic (exact) mass is 707 g/mol. The third-order valence-corrected chi connectivity index (χ3v) is 10.4. The summed E-state index contributed by atoms with van der Waals surface area (Å²) in [4.78, 5) is 14.3. The molecule has 9 aromatic rings. The SMILES string of the molecule is C1=CC(N(c2ccccc2)c2ccc3c(c2)c2cc(N(c4ccccc4)c4ccccc4)ccc2n3-c2ccc(-c3cnc4ccccc4n3)cc2)=CCC1. The largest absolute Gasteiger partial charge is 0.311 e. The summed E-state index contributed by atoms with van der Waals surface area (Å²) in [5.74, 6) is 0. The van der Waals surface area contributed by atoms with Crippen LogP contribution in [0.1, 0.15) is 12.8 Å². The quantitative estimate of drug-likeness (QED) is 0.158. The molecule has 55 heavy (non-hydrogen) atoms. The Labute approximate surface area is 320 Å². The molecule has 1 aliphatic carbocycles. The highest BCUT2D eigenvalue weighted by atomic mass is 15.2. The molecule has 0 saturated heterocycles. The number of anilines is 5. The number of para-hydroxylation sites is 5. The Hall–Kier alpha value is -7.24. The van der Waals surface area contributed by atoms with E-state index in [2.05, 4.69) is 189 Å². The first kappa shape index (κ1) is 32.4. The van der Waals surface area contributed by atoms with Crippen LogP contribution in [0.2, 0.25) is 0 Å². The highest BCUT2D eigenvalue weighted by molar-refractivity contribution is 6.12. The van der Waals surface area contributed by atoms with E-state index in [9.17, 15) is 0 Å². The maximum absolute atomic E-state index is 4.92. The Morgan fingerprint density at radius 2 is 1.02 bits per heavy atom. The number of allylic oxidation sites excluding steroid dienone is 3. The second-order valence-corrected chi connectivity index (χ2v) is 13.8. The molecule has 0 unspecified atom stereocenters. The van der Waals surface area contributed by atoms with E-state index >= 15 is 0 Å². The average Bonchev–Trinajstić information content (AvgIpc) is 3.58. The van der Waals surface area contributed by atoms with E-state index < -0.39 is 0 Å². The van der Waals surface area contributed by atoms with Gasteiger partial charge in [-0.3, -0.25) is 4.98 Å². The first-order valence-corrected chi connectivity index (χ1v) is 18.8. The molecule has 0 bridgehead atoms. The Balaban J connectivity index is 1.17. The molecule has 10 rings (SSSR count). The fraction of sp³-hybridized carbons (Fsp3) is 0.0400. The van der Waals surface area contributed by atoms with Crippen LogP contribution in [0.4, 0.5) is 28.4 Å². The second-order valence-electron chi connectivity index (χ2n) is 13.8. The molecule has 0 N–H and O–H groups in total. The molecule has 0 atom stereocenters. The molecular weight excluding hydrogens is 671 g/mol. The number of hydrogen-bond donors (Lipinski definition) is 0. The first-order chi connectivity index (χ1) is 27.3. The lowest BCUT2D eigenvalue weighted by atomic mass is 10.1. The van der Waals surface area contributed by atoms with Crippen LogP contribution in [0.25, 0.3) is 49.8 Å². The van der Waals surface area contributed by atoms with Crippen molar-refractivity contribution in [2.75, 3.05) is 9.80 Å². The lowest BCUT2D eigenvalue weighted by Crippen LogP contribution is -2.16. The first-order valence-electron chi connectivity index (χ1n) is 18.8. The summed E-state index contributed by atoms with van der Waals surface area (Å²) in [6, 6.07) is 62.4. The average molecular weight is 708 g/mol. The molecule has 5 nitrogen and oxygen atoms in total. The van der Waals surface area contributed by atoms with E-state index in [1.54, 1.807) is 0 Å². The van der Waals surface area contributed by atoms with Gasteiger partial charge in [0.05, 0.1) is 34.0 Å². The molecule has 5 heteroatoms. The van der Waals surface area contributed by atoms with Gasteiger partial charge in [-0.2, -0.15) is 0 Å². The Bertz CT molecular complexity index is 2820. The molecule has 0 aliphatic heterocycles. The highest BCUT2D eigenvalue weighted by Crippen LogP contribution is 2.42. The van der Waals surface area contributed by atoms with Crippen molar-refractivity contribution in [1.29, 1.82) is 0 Å².